The van der Waals surface area contributed by atoms with Crippen molar-refractivity contribution >= 4 is 40.9 Å². The van der Waals surface area contributed by atoms with Crippen molar-refractivity contribution in [2.45, 2.75) is 70.1 Å². The van der Waals surface area contributed by atoms with E-state index in [1.54, 1.807) is 11.0 Å². The summed E-state index contributed by atoms with van der Waals surface area (Å²) in [7, 11) is 0. The minimum absolute atomic E-state index is 0.126. The largest absolute Gasteiger partial charge is 0.322 e. The van der Waals surface area contributed by atoms with Gasteiger partial charge in [0.1, 0.15) is 6.04 Å². The highest BCUT2D eigenvalue weighted by Gasteiger charge is 2.39. The van der Waals surface area contributed by atoms with Crippen molar-refractivity contribution in [1.82, 2.24) is 15.5 Å². The maximum Gasteiger partial charge on any atom is 0.255 e. The van der Waals surface area contributed by atoms with Crippen molar-refractivity contribution in [3.8, 4) is 0 Å². The van der Waals surface area contributed by atoms with Crippen LogP contribution in [0, 0.1) is 5.92 Å². The van der Waals surface area contributed by atoms with Crippen LogP contribution in [0.1, 0.15) is 65.6 Å². The number of amides is 3. The molecule has 2 fully saturated rings. The van der Waals surface area contributed by atoms with E-state index < -0.39 is 6.04 Å². The van der Waals surface area contributed by atoms with Gasteiger partial charge in [-0.15, -0.1) is 0 Å². The smallest absolute Gasteiger partial charge is 0.255 e. The number of nitrogens with one attached hydrogen (secondary N) is 2. The first-order chi connectivity index (χ1) is 16.9. The number of nitrogens with zero attached hydrogens (tertiary/aromatic N) is 1. The highest BCUT2D eigenvalue weighted by Crippen LogP contribution is 2.32. The molecular weight excluding hydrogens is 485 g/mol. The summed E-state index contributed by atoms with van der Waals surface area (Å²) < 4.78 is 0. The number of hydrogen-bond donors (Lipinski definition) is 2. The maximum atomic E-state index is 13.0. The number of benzene rings is 2. The van der Waals surface area contributed by atoms with Gasteiger partial charge in [-0.2, -0.15) is 0 Å². The second kappa shape index (κ2) is 10.3. The zero-order valence-electron chi connectivity index (χ0n) is 19.5. The molecule has 2 N–H and O–H groups in total. The van der Waals surface area contributed by atoms with Crippen LogP contribution in [0.3, 0.4) is 0 Å². The molecule has 2 aliphatic heterocycles. The number of carbonyl (C=O) groups is 3. The number of imide groups is 1. The molecular formula is C27H29Cl2N3O3. The molecule has 1 aliphatic carbocycles. The Kier molecular flexibility index (Phi) is 7.14. The number of halogens is 2. The summed E-state index contributed by atoms with van der Waals surface area (Å²) >= 11 is 12.3. The van der Waals surface area contributed by atoms with Gasteiger partial charge in [-0.05, 0) is 72.6 Å². The summed E-state index contributed by atoms with van der Waals surface area (Å²) in [6.07, 6.45) is 6.30. The average molecular weight is 514 g/mol. The van der Waals surface area contributed by atoms with Crippen LogP contribution in [0.15, 0.2) is 36.4 Å². The number of rotatable bonds is 6. The topological polar surface area (TPSA) is 78.5 Å². The molecule has 6 nitrogen and oxygen atoms in total. The first-order valence-corrected chi connectivity index (χ1v) is 13.1. The molecule has 0 radical (unpaired) electrons. The average Bonchev–Trinajstić information content (AvgIpc) is 3.13. The van der Waals surface area contributed by atoms with Crippen molar-refractivity contribution in [2.75, 3.05) is 0 Å². The van der Waals surface area contributed by atoms with E-state index in [1.165, 1.54) is 18.4 Å². The summed E-state index contributed by atoms with van der Waals surface area (Å²) in [4.78, 5) is 38.4. The molecule has 8 heteroatoms. The van der Waals surface area contributed by atoms with E-state index in [0.29, 0.717) is 40.5 Å². The van der Waals surface area contributed by atoms with Crippen molar-refractivity contribution in [2.24, 2.45) is 5.92 Å². The Morgan fingerprint density at radius 1 is 0.943 bits per heavy atom. The minimum Gasteiger partial charge on any atom is -0.322 e. The van der Waals surface area contributed by atoms with E-state index in [4.69, 9.17) is 23.2 Å². The van der Waals surface area contributed by atoms with Crippen LogP contribution in [0.5, 0.6) is 0 Å². The molecule has 1 unspecified atom stereocenters. The number of hydrogen-bond acceptors (Lipinski definition) is 4. The zero-order chi connectivity index (χ0) is 24.5. The Labute approximate surface area is 215 Å². The molecule has 2 aromatic carbocycles. The lowest BCUT2D eigenvalue weighted by Crippen LogP contribution is -2.52. The third-order valence-corrected chi connectivity index (χ3v) is 7.92. The van der Waals surface area contributed by atoms with Crippen LogP contribution >= 0.6 is 23.2 Å². The van der Waals surface area contributed by atoms with Crippen molar-refractivity contribution < 1.29 is 14.4 Å². The molecule has 3 amide bonds. The normalized spacial score (nSPS) is 24.5. The lowest BCUT2D eigenvalue weighted by atomic mass is 9.80. The zero-order valence-corrected chi connectivity index (χ0v) is 21.0. The van der Waals surface area contributed by atoms with Crippen LogP contribution in [0.2, 0.25) is 10.0 Å². The standard InChI is InChI=1S/C27H29Cl2N3O3/c28-20-11-17(12-21(29)13-20)14-30-23-4-2-1-3-18(23)9-16-5-6-22-19(10-16)15-32(27(22)35)24-7-8-25(33)31-26(24)34/h5-6,10-13,18,23-24,30H,1-4,7-9,14-15H2,(H,31,33,34)/t18-,23+,24?/m1/s1. The predicted molar refractivity (Wildman–Crippen MR) is 135 cm³/mol. The molecule has 5 rings (SSSR count). The first kappa shape index (κ1) is 24.3. The molecule has 3 atom stereocenters. The summed E-state index contributed by atoms with van der Waals surface area (Å²) in [6.45, 7) is 1.14. The minimum atomic E-state index is -0.581. The quantitative estimate of drug-likeness (QED) is 0.551. The Hall–Kier alpha value is -2.41. The van der Waals surface area contributed by atoms with Crippen molar-refractivity contribution in [3.63, 3.8) is 0 Å². The predicted octanol–water partition coefficient (Wildman–Crippen LogP) is 4.65. The van der Waals surface area contributed by atoms with E-state index in [-0.39, 0.29) is 24.1 Å². The molecule has 1 saturated carbocycles. The molecule has 35 heavy (non-hydrogen) atoms. The summed E-state index contributed by atoms with van der Waals surface area (Å²) in [5, 5.41) is 7.38. The second-order valence-electron chi connectivity index (χ2n) is 9.91. The van der Waals surface area contributed by atoms with Crippen molar-refractivity contribution in [3.05, 3.63) is 68.7 Å². The van der Waals surface area contributed by atoms with E-state index in [0.717, 1.165) is 36.9 Å². The SMILES string of the molecule is O=C1CCC(N2Cc3cc(C[C@H]4CCCC[C@@H]4NCc4cc(Cl)cc(Cl)c4)ccc3C2=O)C(=O)N1. The van der Waals surface area contributed by atoms with Gasteiger partial charge in [0.05, 0.1) is 0 Å². The molecule has 2 heterocycles. The molecule has 3 aliphatic rings. The van der Waals surface area contributed by atoms with Gasteiger partial charge >= 0.3 is 0 Å². The summed E-state index contributed by atoms with van der Waals surface area (Å²) in [5.41, 5.74) is 3.92. The molecule has 0 bridgehead atoms. The number of carbonyl (C=O) groups excluding carboxylic acids is 3. The van der Waals surface area contributed by atoms with Crippen LogP contribution in [-0.2, 0) is 29.1 Å². The maximum absolute atomic E-state index is 13.0. The van der Waals surface area contributed by atoms with Gasteiger partial charge in [-0.3, -0.25) is 19.7 Å². The molecule has 184 valence electrons. The van der Waals surface area contributed by atoms with Crippen LogP contribution in [0.25, 0.3) is 0 Å². The van der Waals surface area contributed by atoms with Gasteiger partial charge in [0.25, 0.3) is 5.91 Å². The van der Waals surface area contributed by atoms with Crippen LogP contribution in [-0.4, -0.2) is 34.7 Å². The lowest BCUT2D eigenvalue weighted by Gasteiger charge is -2.33. The Morgan fingerprint density at radius 2 is 1.71 bits per heavy atom. The third-order valence-electron chi connectivity index (χ3n) is 7.49. The molecule has 0 aromatic heterocycles. The van der Waals surface area contributed by atoms with Gasteiger partial charge in [0, 0.05) is 41.2 Å². The van der Waals surface area contributed by atoms with Gasteiger partial charge in [0.2, 0.25) is 11.8 Å². The van der Waals surface area contributed by atoms with Gasteiger partial charge in [-0.1, -0.05) is 48.2 Å². The number of fused-ring (bicyclic) bond motifs is 1. The summed E-state index contributed by atoms with van der Waals surface area (Å²) in [6, 6.07) is 11.5. The van der Waals surface area contributed by atoms with Crippen molar-refractivity contribution in [1.29, 1.82) is 0 Å². The Morgan fingerprint density at radius 3 is 2.49 bits per heavy atom. The monoisotopic (exact) mass is 513 g/mol. The fourth-order valence-electron chi connectivity index (χ4n) is 5.74. The summed E-state index contributed by atoms with van der Waals surface area (Å²) in [5.74, 6) is -0.273. The van der Waals surface area contributed by atoms with Gasteiger partial charge < -0.3 is 10.2 Å². The lowest BCUT2D eigenvalue weighted by molar-refractivity contribution is -0.136. The van der Waals surface area contributed by atoms with Gasteiger partial charge in [-0.25, -0.2) is 0 Å². The van der Waals surface area contributed by atoms with Crippen LogP contribution < -0.4 is 10.6 Å². The number of piperidine rings is 1. The fourth-order valence-corrected chi connectivity index (χ4v) is 6.31. The van der Waals surface area contributed by atoms with E-state index in [1.807, 2.05) is 24.3 Å². The Bertz CT molecular complexity index is 1150. The van der Waals surface area contributed by atoms with E-state index >= 15 is 0 Å². The third kappa shape index (κ3) is 5.40. The first-order valence-electron chi connectivity index (χ1n) is 12.3. The molecule has 2 aromatic rings. The van der Waals surface area contributed by atoms with Gasteiger partial charge in [0.15, 0.2) is 0 Å². The molecule has 1 saturated heterocycles. The fraction of sp³-hybridized carbons (Fsp3) is 0.444. The Balaban J connectivity index is 1.25. The highest BCUT2D eigenvalue weighted by atomic mass is 35.5. The highest BCUT2D eigenvalue weighted by molar-refractivity contribution is 6.34. The van der Waals surface area contributed by atoms with Crippen LogP contribution in [0.4, 0.5) is 0 Å². The van der Waals surface area contributed by atoms with E-state index in [9.17, 15) is 14.4 Å². The molecule has 0 spiro atoms. The van der Waals surface area contributed by atoms with E-state index in [2.05, 4.69) is 16.7 Å². The second-order valence-corrected chi connectivity index (χ2v) is 10.8.